The Morgan fingerprint density at radius 1 is 1.32 bits per heavy atom. The van der Waals surface area contributed by atoms with E-state index >= 15 is 0 Å². The van der Waals surface area contributed by atoms with Crippen molar-refractivity contribution in [3.05, 3.63) is 29.8 Å². The van der Waals surface area contributed by atoms with Crippen LogP contribution in [0.3, 0.4) is 0 Å². The van der Waals surface area contributed by atoms with Gasteiger partial charge in [-0.2, -0.15) is 0 Å². The quantitative estimate of drug-likeness (QED) is 0.829. The topological polar surface area (TPSA) is 38.5 Å². The highest BCUT2D eigenvalue weighted by atomic mass is 16.5. The molecule has 106 valence electrons. The molecule has 1 aromatic carbocycles. The third kappa shape index (κ3) is 4.51. The molecule has 1 aliphatic heterocycles. The summed E-state index contributed by atoms with van der Waals surface area (Å²) < 4.78 is 5.44. The molecule has 1 aromatic rings. The van der Waals surface area contributed by atoms with Gasteiger partial charge < -0.3 is 10.5 Å². The molecule has 1 saturated heterocycles. The maximum atomic E-state index is 5.86. The van der Waals surface area contributed by atoms with E-state index in [1.807, 2.05) is 12.1 Å². The maximum Gasteiger partial charge on any atom is 0.0469 e. The average Bonchev–Trinajstić information content (AvgIpc) is 2.39. The number of ether oxygens (including phenoxy) is 1. The Labute approximate surface area is 116 Å². The lowest BCUT2D eigenvalue weighted by Crippen LogP contribution is -2.36. The second-order valence-electron chi connectivity index (χ2n) is 5.82. The molecule has 3 heteroatoms. The molecule has 0 atom stereocenters. The minimum Gasteiger partial charge on any atom is -0.399 e. The van der Waals surface area contributed by atoms with Gasteiger partial charge in [-0.1, -0.05) is 12.1 Å². The Bertz CT molecular complexity index is 386. The standard InChI is InChI=1S/C16H26N2O/c1-13(2)18(11-14-6-8-19-9-7-14)12-15-4-3-5-16(17)10-15/h3-5,10,13-14H,6-9,11-12,17H2,1-2H3. The van der Waals surface area contributed by atoms with Gasteiger partial charge in [0.15, 0.2) is 0 Å². The van der Waals surface area contributed by atoms with Gasteiger partial charge in [0.1, 0.15) is 0 Å². The molecule has 1 heterocycles. The van der Waals surface area contributed by atoms with Crippen molar-refractivity contribution in [2.75, 3.05) is 25.5 Å². The van der Waals surface area contributed by atoms with Crippen molar-refractivity contribution >= 4 is 5.69 Å². The van der Waals surface area contributed by atoms with Crippen LogP contribution in [0.4, 0.5) is 5.69 Å². The lowest BCUT2D eigenvalue weighted by molar-refractivity contribution is 0.0462. The van der Waals surface area contributed by atoms with E-state index in [1.54, 1.807) is 0 Å². The fourth-order valence-electron chi connectivity index (χ4n) is 2.64. The highest BCUT2D eigenvalue weighted by molar-refractivity contribution is 5.40. The van der Waals surface area contributed by atoms with Gasteiger partial charge in [0.2, 0.25) is 0 Å². The molecule has 1 aliphatic rings. The van der Waals surface area contributed by atoms with Gasteiger partial charge in [0.05, 0.1) is 0 Å². The molecular formula is C16H26N2O. The molecule has 0 bridgehead atoms. The van der Waals surface area contributed by atoms with Gasteiger partial charge in [-0.15, -0.1) is 0 Å². The van der Waals surface area contributed by atoms with Gasteiger partial charge in [-0.25, -0.2) is 0 Å². The zero-order valence-electron chi connectivity index (χ0n) is 12.1. The molecule has 19 heavy (non-hydrogen) atoms. The highest BCUT2D eigenvalue weighted by Gasteiger charge is 2.19. The van der Waals surface area contributed by atoms with Crippen LogP contribution < -0.4 is 5.73 Å². The van der Waals surface area contributed by atoms with Crippen molar-refractivity contribution in [1.29, 1.82) is 0 Å². The summed E-state index contributed by atoms with van der Waals surface area (Å²) in [4.78, 5) is 2.55. The van der Waals surface area contributed by atoms with Crippen LogP contribution in [-0.2, 0) is 11.3 Å². The first-order valence-corrected chi connectivity index (χ1v) is 7.31. The molecule has 0 aromatic heterocycles. The Morgan fingerprint density at radius 3 is 2.68 bits per heavy atom. The van der Waals surface area contributed by atoms with Crippen molar-refractivity contribution in [3.8, 4) is 0 Å². The van der Waals surface area contributed by atoms with Crippen molar-refractivity contribution < 1.29 is 4.74 Å². The molecule has 0 unspecified atom stereocenters. The zero-order chi connectivity index (χ0) is 13.7. The summed E-state index contributed by atoms with van der Waals surface area (Å²) in [7, 11) is 0. The van der Waals surface area contributed by atoms with Crippen LogP contribution in [0.2, 0.25) is 0 Å². The van der Waals surface area contributed by atoms with Crippen LogP contribution in [0.15, 0.2) is 24.3 Å². The summed E-state index contributed by atoms with van der Waals surface area (Å²) in [6.45, 7) is 8.54. The van der Waals surface area contributed by atoms with Gasteiger partial charge >= 0.3 is 0 Å². The van der Waals surface area contributed by atoms with Crippen LogP contribution in [-0.4, -0.2) is 30.7 Å². The number of nitrogen functional groups attached to an aromatic ring is 1. The minimum atomic E-state index is 0.560. The van der Waals surface area contributed by atoms with Gasteiger partial charge in [0.25, 0.3) is 0 Å². The van der Waals surface area contributed by atoms with Gasteiger partial charge in [-0.05, 0) is 50.3 Å². The predicted octanol–water partition coefficient (Wildman–Crippen LogP) is 2.91. The van der Waals surface area contributed by atoms with E-state index in [9.17, 15) is 0 Å². The van der Waals surface area contributed by atoms with Crippen LogP contribution in [0.5, 0.6) is 0 Å². The summed E-state index contributed by atoms with van der Waals surface area (Å²) in [6, 6.07) is 8.79. The van der Waals surface area contributed by atoms with Crippen LogP contribution >= 0.6 is 0 Å². The molecule has 1 fully saturated rings. The Balaban J connectivity index is 1.95. The van der Waals surface area contributed by atoms with E-state index in [0.717, 1.165) is 37.9 Å². The fraction of sp³-hybridized carbons (Fsp3) is 0.625. The van der Waals surface area contributed by atoms with E-state index in [2.05, 4.69) is 30.9 Å². The summed E-state index contributed by atoms with van der Waals surface area (Å²) in [5.74, 6) is 0.775. The SMILES string of the molecule is CC(C)N(Cc1cccc(N)c1)CC1CCOCC1. The average molecular weight is 262 g/mol. The second kappa shape index (κ2) is 6.92. The summed E-state index contributed by atoms with van der Waals surface area (Å²) in [5.41, 5.74) is 8.02. The van der Waals surface area contributed by atoms with E-state index in [-0.39, 0.29) is 0 Å². The zero-order valence-corrected chi connectivity index (χ0v) is 12.1. The number of anilines is 1. The molecule has 2 N–H and O–H groups in total. The molecule has 0 saturated carbocycles. The van der Waals surface area contributed by atoms with E-state index in [4.69, 9.17) is 10.5 Å². The maximum absolute atomic E-state index is 5.86. The Kier molecular flexibility index (Phi) is 5.23. The number of nitrogens with two attached hydrogens (primary N) is 1. The van der Waals surface area contributed by atoms with E-state index in [1.165, 1.54) is 18.4 Å². The number of hydrogen-bond acceptors (Lipinski definition) is 3. The summed E-state index contributed by atoms with van der Waals surface area (Å²) >= 11 is 0. The van der Waals surface area contributed by atoms with E-state index in [0.29, 0.717) is 6.04 Å². The van der Waals surface area contributed by atoms with Gasteiger partial charge in [-0.3, -0.25) is 4.90 Å². The number of benzene rings is 1. The smallest absolute Gasteiger partial charge is 0.0469 e. The van der Waals surface area contributed by atoms with E-state index < -0.39 is 0 Å². The first-order chi connectivity index (χ1) is 9.15. The van der Waals surface area contributed by atoms with Crippen LogP contribution in [0.25, 0.3) is 0 Å². The van der Waals surface area contributed by atoms with Gasteiger partial charge in [0, 0.05) is 38.0 Å². The monoisotopic (exact) mass is 262 g/mol. The van der Waals surface area contributed by atoms with Crippen molar-refractivity contribution in [1.82, 2.24) is 4.90 Å². The highest BCUT2D eigenvalue weighted by Crippen LogP contribution is 2.19. The molecule has 0 spiro atoms. The Morgan fingerprint density at radius 2 is 2.05 bits per heavy atom. The summed E-state index contributed by atoms with van der Waals surface area (Å²) in [5, 5.41) is 0. The number of hydrogen-bond donors (Lipinski definition) is 1. The minimum absolute atomic E-state index is 0.560. The molecule has 3 nitrogen and oxygen atoms in total. The molecular weight excluding hydrogens is 236 g/mol. The molecule has 0 radical (unpaired) electrons. The second-order valence-corrected chi connectivity index (χ2v) is 5.82. The predicted molar refractivity (Wildman–Crippen MR) is 79.9 cm³/mol. The van der Waals surface area contributed by atoms with Crippen molar-refractivity contribution in [3.63, 3.8) is 0 Å². The van der Waals surface area contributed by atoms with Crippen LogP contribution in [0, 0.1) is 5.92 Å². The fourth-order valence-corrected chi connectivity index (χ4v) is 2.64. The largest absolute Gasteiger partial charge is 0.399 e. The molecule has 0 amide bonds. The van der Waals surface area contributed by atoms with Crippen molar-refractivity contribution in [2.45, 2.75) is 39.3 Å². The normalized spacial score (nSPS) is 17.3. The molecule has 0 aliphatic carbocycles. The summed E-state index contributed by atoms with van der Waals surface area (Å²) in [6.07, 6.45) is 2.39. The molecule has 2 rings (SSSR count). The number of rotatable bonds is 5. The van der Waals surface area contributed by atoms with Crippen LogP contribution in [0.1, 0.15) is 32.3 Å². The lowest BCUT2D eigenvalue weighted by atomic mass is 9.98. The third-order valence-corrected chi connectivity index (χ3v) is 3.90. The Hall–Kier alpha value is -1.06. The van der Waals surface area contributed by atoms with Crippen molar-refractivity contribution in [2.24, 2.45) is 5.92 Å². The lowest BCUT2D eigenvalue weighted by Gasteiger charge is -2.32. The number of nitrogens with zero attached hydrogens (tertiary/aromatic N) is 1. The first-order valence-electron chi connectivity index (χ1n) is 7.31. The third-order valence-electron chi connectivity index (χ3n) is 3.90. The first kappa shape index (κ1) is 14.4.